The molecule has 2 unspecified atom stereocenters. The number of aliphatic hydroxyl groups excluding tert-OH is 1. The van der Waals surface area contributed by atoms with Gasteiger partial charge in [-0.15, -0.1) is 0 Å². The van der Waals surface area contributed by atoms with E-state index in [-0.39, 0.29) is 24.0 Å². The number of β-amino-alcohol motifs (C(OH)–C–C–N with tert-alkyl or cyclic N) is 1. The van der Waals surface area contributed by atoms with Crippen LogP contribution >= 0.6 is 0 Å². The molecule has 1 aromatic carbocycles. The number of aliphatic carboxylic acids is 1. The number of carboxylic acid groups (broad SMARTS) is 1. The van der Waals surface area contributed by atoms with Gasteiger partial charge < -0.3 is 15.1 Å². The number of likely N-dealkylation sites (tertiary alicyclic amines) is 2. The molecule has 0 aromatic heterocycles. The smallest absolute Gasteiger partial charge is 0.475 e. The number of fused-ring (bicyclic) bond motifs is 1. The topological polar surface area (TPSA) is 81.1 Å². The molecule has 2 saturated heterocycles. The van der Waals surface area contributed by atoms with Crippen molar-refractivity contribution >= 4 is 11.9 Å². The Labute approximate surface area is 161 Å². The first-order chi connectivity index (χ1) is 13.1. The van der Waals surface area contributed by atoms with Gasteiger partial charge in [0.25, 0.3) is 0 Å². The predicted molar refractivity (Wildman–Crippen MR) is 95.7 cm³/mol. The van der Waals surface area contributed by atoms with E-state index in [0.29, 0.717) is 6.54 Å². The first-order valence-electron chi connectivity index (χ1n) is 9.08. The summed E-state index contributed by atoms with van der Waals surface area (Å²) in [7, 11) is 0. The number of aliphatic hydroxyl groups is 1. The summed E-state index contributed by atoms with van der Waals surface area (Å²) in [6.07, 6.45) is -2.97. The number of hydrogen-bond donors (Lipinski definition) is 2. The minimum absolute atomic E-state index is 0.0961. The lowest BCUT2D eigenvalue weighted by Gasteiger charge is -2.46. The van der Waals surface area contributed by atoms with Crippen molar-refractivity contribution in [1.82, 2.24) is 9.80 Å². The zero-order chi connectivity index (χ0) is 20.9. The lowest BCUT2D eigenvalue weighted by molar-refractivity contribution is -0.192. The number of halogens is 3. The molecule has 2 aliphatic rings. The third-order valence-electron chi connectivity index (χ3n) is 5.53. The maximum Gasteiger partial charge on any atom is 0.490 e. The number of amides is 1. The van der Waals surface area contributed by atoms with Crippen molar-refractivity contribution in [3.05, 3.63) is 35.9 Å². The Morgan fingerprint density at radius 2 is 1.75 bits per heavy atom. The second-order valence-corrected chi connectivity index (χ2v) is 7.08. The SMILES string of the molecule is CC(=O)N1CCC2(c3ccccc3)CCN(CCO)CC12.O=C(O)C(F)(F)F. The molecule has 9 heteroatoms. The lowest BCUT2D eigenvalue weighted by Crippen LogP contribution is -2.56. The molecular weight excluding hydrogens is 377 g/mol. The molecule has 2 aliphatic heterocycles. The van der Waals surface area contributed by atoms with Gasteiger partial charge in [-0.25, -0.2) is 4.79 Å². The third-order valence-corrected chi connectivity index (χ3v) is 5.53. The Bertz CT molecular complexity index is 684. The monoisotopic (exact) mass is 402 g/mol. The Morgan fingerprint density at radius 1 is 1.18 bits per heavy atom. The van der Waals surface area contributed by atoms with Crippen LogP contribution in [0.5, 0.6) is 0 Å². The fourth-order valence-electron chi connectivity index (χ4n) is 4.17. The van der Waals surface area contributed by atoms with E-state index in [9.17, 15) is 23.1 Å². The fraction of sp³-hybridized carbons (Fsp3) is 0.579. The molecule has 0 radical (unpaired) electrons. The van der Waals surface area contributed by atoms with E-state index in [1.54, 1.807) is 6.92 Å². The summed E-state index contributed by atoms with van der Waals surface area (Å²) < 4.78 is 31.7. The summed E-state index contributed by atoms with van der Waals surface area (Å²) in [5.41, 5.74) is 1.46. The molecule has 0 aliphatic carbocycles. The third kappa shape index (κ3) is 4.82. The molecule has 156 valence electrons. The molecule has 2 heterocycles. The van der Waals surface area contributed by atoms with Crippen LogP contribution in [-0.2, 0) is 15.0 Å². The minimum atomic E-state index is -5.08. The molecule has 2 atom stereocenters. The van der Waals surface area contributed by atoms with Gasteiger partial charge in [0.05, 0.1) is 12.6 Å². The second kappa shape index (κ2) is 8.91. The normalized spacial score (nSPS) is 24.9. The van der Waals surface area contributed by atoms with Gasteiger partial charge in [-0.1, -0.05) is 30.3 Å². The number of nitrogens with zero attached hydrogens (tertiary/aromatic N) is 2. The van der Waals surface area contributed by atoms with Crippen LogP contribution in [0, 0.1) is 0 Å². The van der Waals surface area contributed by atoms with Crippen LogP contribution in [0.1, 0.15) is 25.3 Å². The molecule has 0 saturated carbocycles. The number of carbonyl (C=O) groups is 2. The number of piperidine rings is 1. The number of alkyl halides is 3. The van der Waals surface area contributed by atoms with Crippen LogP contribution in [0.15, 0.2) is 30.3 Å². The van der Waals surface area contributed by atoms with Crippen LogP contribution in [0.3, 0.4) is 0 Å². The number of rotatable bonds is 3. The van der Waals surface area contributed by atoms with Gasteiger partial charge in [0.15, 0.2) is 0 Å². The van der Waals surface area contributed by atoms with Crippen LogP contribution in [0.2, 0.25) is 0 Å². The Balaban J connectivity index is 0.000000345. The van der Waals surface area contributed by atoms with Crippen LogP contribution < -0.4 is 0 Å². The van der Waals surface area contributed by atoms with Gasteiger partial charge in [0, 0.05) is 32.0 Å². The summed E-state index contributed by atoms with van der Waals surface area (Å²) in [5, 5.41) is 16.3. The highest BCUT2D eigenvalue weighted by Gasteiger charge is 2.51. The van der Waals surface area contributed by atoms with Crippen molar-refractivity contribution < 1.29 is 33.0 Å². The van der Waals surface area contributed by atoms with E-state index in [0.717, 1.165) is 32.5 Å². The number of carbonyl (C=O) groups excluding carboxylic acids is 1. The standard InChI is InChI=1S/C17H24N2O2.C2HF3O2/c1-14(21)19-10-8-17(15-5-3-2-4-6-15)7-9-18(11-12-20)13-16(17)19;3-2(4,5)1(6)7/h2-6,16,20H,7-13H2,1H3;(H,6,7). The molecule has 3 rings (SSSR count). The largest absolute Gasteiger partial charge is 0.490 e. The van der Waals surface area contributed by atoms with Crippen LogP contribution in [-0.4, -0.2) is 76.9 Å². The van der Waals surface area contributed by atoms with Crippen molar-refractivity contribution in [3.63, 3.8) is 0 Å². The van der Waals surface area contributed by atoms with E-state index in [4.69, 9.17) is 9.90 Å². The Morgan fingerprint density at radius 3 is 2.25 bits per heavy atom. The Kier molecular flexibility index (Phi) is 7.06. The molecule has 0 spiro atoms. The Hall–Kier alpha value is -2.13. The second-order valence-electron chi connectivity index (χ2n) is 7.08. The average Bonchev–Trinajstić information content (AvgIpc) is 3.03. The molecule has 1 amide bonds. The molecule has 28 heavy (non-hydrogen) atoms. The minimum Gasteiger partial charge on any atom is -0.475 e. The number of hydrogen-bond acceptors (Lipinski definition) is 4. The van der Waals surface area contributed by atoms with Gasteiger partial charge in [-0.2, -0.15) is 13.2 Å². The van der Waals surface area contributed by atoms with Gasteiger partial charge in [-0.3, -0.25) is 9.69 Å². The summed E-state index contributed by atoms with van der Waals surface area (Å²) in [5.74, 6) is -2.59. The first kappa shape index (κ1) is 22.2. The molecule has 2 N–H and O–H groups in total. The van der Waals surface area contributed by atoms with Crippen molar-refractivity contribution in [2.45, 2.75) is 37.4 Å². The number of benzene rings is 1. The van der Waals surface area contributed by atoms with E-state index >= 15 is 0 Å². The molecular formula is C19H25F3N2O4. The van der Waals surface area contributed by atoms with Crippen molar-refractivity contribution in [2.24, 2.45) is 0 Å². The highest BCUT2D eigenvalue weighted by atomic mass is 19.4. The summed E-state index contributed by atoms with van der Waals surface area (Å²) >= 11 is 0. The van der Waals surface area contributed by atoms with Crippen molar-refractivity contribution in [2.75, 3.05) is 32.8 Å². The molecule has 0 bridgehead atoms. The van der Waals surface area contributed by atoms with Gasteiger partial charge in [0.2, 0.25) is 5.91 Å². The first-order valence-corrected chi connectivity index (χ1v) is 9.08. The summed E-state index contributed by atoms with van der Waals surface area (Å²) in [6.45, 7) is 5.28. The average molecular weight is 402 g/mol. The highest BCUT2D eigenvalue weighted by molar-refractivity contribution is 5.74. The predicted octanol–water partition coefficient (Wildman–Crippen LogP) is 1.88. The van der Waals surface area contributed by atoms with Crippen LogP contribution in [0.25, 0.3) is 0 Å². The van der Waals surface area contributed by atoms with E-state index in [1.807, 2.05) is 11.0 Å². The van der Waals surface area contributed by atoms with Gasteiger partial charge in [0.1, 0.15) is 0 Å². The lowest BCUT2D eigenvalue weighted by atomic mass is 9.69. The molecule has 1 aromatic rings. The highest BCUT2D eigenvalue weighted by Crippen LogP contribution is 2.45. The fourth-order valence-corrected chi connectivity index (χ4v) is 4.17. The van der Waals surface area contributed by atoms with E-state index in [2.05, 4.69) is 29.2 Å². The van der Waals surface area contributed by atoms with Crippen molar-refractivity contribution in [3.8, 4) is 0 Å². The summed E-state index contributed by atoms with van der Waals surface area (Å²) in [6, 6.07) is 10.9. The number of carboxylic acids is 1. The maximum absolute atomic E-state index is 12.0. The quantitative estimate of drug-likeness (QED) is 0.807. The zero-order valence-corrected chi connectivity index (χ0v) is 15.7. The molecule has 2 fully saturated rings. The van der Waals surface area contributed by atoms with Crippen LogP contribution in [0.4, 0.5) is 13.2 Å². The maximum atomic E-state index is 12.0. The summed E-state index contributed by atoms with van der Waals surface area (Å²) in [4.78, 5) is 25.2. The van der Waals surface area contributed by atoms with E-state index < -0.39 is 12.1 Å². The zero-order valence-electron chi connectivity index (χ0n) is 15.7. The van der Waals surface area contributed by atoms with Gasteiger partial charge >= 0.3 is 12.1 Å². The van der Waals surface area contributed by atoms with Crippen molar-refractivity contribution in [1.29, 1.82) is 0 Å². The molecule has 6 nitrogen and oxygen atoms in total. The van der Waals surface area contributed by atoms with E-state index in [1.165, 1.54) is 5.56 Å². The van der Waals surface area contributed by atoms with Gasteiger partial charge in [-0.05, 0) is 24.9 Å².